The van der Waals surface area contributed by atoms with Gasteiger partial charge in [0, 0.05) is 11.3 Å². The smallest absolute Gasteiger partial charge is 0.267 e. The number of anilines is 1. The Morgan fingerprint density at radius 3 is 2.96 bits per heavy atom. The van der Waals surface area contributed by atoms with Gasteiger partial charge in [0.1, 0.15) is 28.7 Å². The first-order chi connectivity index (χ1) is 11.4. The second-order valence-corrected chi connectivity index (χ2v) is 6.94. The third kappa shape index (κ3) is 3.28. The molecule has 2 heterocycles. The van der Waals surface area contributed by atoms with Gasteiger partial charge in [-0.2, -0.15) is 0 Å². The predicted octanol–water partition coefficient (Wildman–Crippen LogP) is 3.40. The van der Waals surface area contributed by atoms with E-state index in [4.69, 9.17) is 22.1 Å². The molecule has 1 aliphatic heterocycles. The first-order valence-electron chi connectivity index (χ1n) is 7.15. The van der Waals surface area contributed by atoms with E-state index in [9.17, 15) is 9.18 Å². The third-order valence-corrected chi connectivity index (χ3v) is 4.99. The van der Waals surface area contributed by atoms with Gasteiger partial charge in [-0.3, -0.25) is 9.79 Å². The average Bonchev–Trinajstić information content (AvgIpc) is 2.95. The van der Waals surface area contributed by atoms with Gasteiger partial charge in [-0.05, 0) is 36.6 Å². The quantitative estimate of drug-likeness (QED) is 0.872. The maximum Gasteiger partial charge on any atom is 0.267 e. The maximum atomic E-state index is 14.3. The molecular formula is C16H15ClFN3O2S. The molecule has 0 aliphatic carbocycles. The van der Waals surface area contributed by atoms with E-state index >= 15 is 0 Å². The van der Waals surface area contributed by atoms with Crippen molar-refractivity contribution in [2.45, 2.75) is 12.5 Å². The molecule has 5 nitrogen and oxygen atoms in total. The summed E-state index contributed by atoms with van der Waals surface area (Å²) in [7, 11) is 0. The molecule has 3 rings (SSSR count). The van der Waals surface area contributed by atoms with Gasteiger partial charge in [0.2, 0.25) is 0 Å². The summed E-state index contributed by atoms with van der Waals surface area (Å²) in [5, 5.41) is 4.83. The Balaban J connectivity index is 1.91. The van der Waals surface area contributed by atoms with E-state index in [1.165, 1.54) is 23.5 Å². The fourth-order valence-electron chi connectivity index (χ4n) is 2.53. The molecule has 0 spiro atoms. The Labute approximate surface area is 147 Å². The molecule has 8 heteroatoms. The largest absolute Gasteiger partial charge is 0.386 e. The van der Waals surface area contributed by atoms with Crippen LogP contribution in [-0.4, -0.2) is 25.0 Å². The van der Waals surface area contributed by atoms with Gasteiger partial charge in [0.15, 0.2) is 0 Å². The molecule has 3 N–H and O–H groups in total. The van der Waals surface area contributed by atoms with Gasteiger partial charge < -0.3 is 15.8 Å². The van der Waals surface area contributed by atoms with Gasteiger partial charge in [-0.25, -0.2) is 4.39 Å². The first kappa shape index (κ1) is 16.9. The topological polar surface area (TPSA) is 76.7 Å². The van der Waals surface area contributed by atoms with Gasteiger partial charge in [-0.15, -0.1) is 11.3 Å². The van der Waals surface area contributed by atoms with Crippen LogP contribution in [0.2, 0.25) is 5.02 Å². The summed E-state index contributed by atoms with van der Waals surface area (Å²) < 4.78 is 19.7. The van der Waals surface area contributed by atoms with Crippen molar-refractivity contribution in [1.29, 1.82) is 0 Å². The van der Waals surface area contributed by atoms with Crippen LogP contribution in [0.5, 0.6) is 0 Å². The number of rotatable bonds is 3. The highest BCUT2D eigenvalue weighted by molar-refractivity contribution is 7.12. The Morgan fingerprint density at radius 1 is 1.50 bits per heavy atom. The number of hydrogen-bond acceptors (Lipinski definition) is 5. The van der Waals surface area contributed by atoms with Gasteiger partial charge >= 0.3 is 0 Å². The average molecular weight is 368 g/mol. The Bertz CT molecular complexity index is 823. The molecule has 0 radical (unpaired) electrons. The zero-order chi connectivity index (χ0) is 17.3. The standard InChI is InChI=1S/C16H15ClFN3O2S/c1-16(8-23-7-13(19)21-16)10-6-9(2-3-12(10)18)20-15(22)14-11(17)4-5-24-14/h2-6H,7-8H2,1H3,(H2,19,21)(H,20,22). The van der Waals surface area contributed by atoms with E-state index < -0.39 is 11.4 Å². The van der Waals surface area contributed by atoms with Crippen LogP contribution in [0, 0.1) is 5.82 Å². The number of nitrogens with two attached hydrogens (primary N) is 1. The molecule has 2 aromatic rings. The van der Waals surface area contributed by atoms with Crippen molar-refractivity contribution in [2.24, 2.45) is 10.7 Å². The van der Waals surface area contributed by atoms with E-state index in [0.29, 0.717) is 27.0 Å². The van der Waals surface area contributed by atoms with Crippen LogP contribution in [-0.2, 0) is 10.3 Å². The normalized spacial score (nSPS) is 20.5. The van der Waals surface area contributed by atoms with Crippen molar-refractivity contribution in [3.8, 4) is 0 Å². The van der Waals surface area contributed by atoms with E-state index in [1.807, 2.05) is 0 Å². The molecule has 0 saturated heterocycles. The van der Waals surface area contributed by atoms with Crippen molar-refractivity contribution in [2.75, 3.05) is 18.5 Å². The molecule has 1 aromatic heterocycles. The predicted molar refractivity (Wildman–Crippen MR) is 93.5 cm³/mol. The number of hydrogen-bond donors (Lipinski definition) is 2. The highest BCUT2D eigenvalue weighted by atomic mass is 35.5. The number of ether oxygens (including phenoxy) is 1. The van der Waals surface area contributed by atoms with Crippen LogP contribution >= 0.6 is 22.9 Å². The Kier molecular flexibility index (Phi) is 4.58. The lowest BCUT2D eigenvalue weighted by atomic mass is 9.92. The number of halogens is 2. The van der Waals surface area contributed by atoms with Crippen molar-refractivity contribution < 1.29 is 13.9 Å². The molecule has 1 aliphatic rings. The highest BCUT2D eigenvalue weighted by Gasteiger charge is 2.33. The van der Waals surface area contributed by atoms with Crippen molar-refractivity contribution in [3.05, 3.63) is 50.9 Å². The molecule has 24 heavy (non-hydrogen) atoms. The molecule has 1 unspecified atom stereocenters. The van der Waals surface area contributed by atoms with E-state index in [1.54, 1.807) is 24.4 Å². The van der Waals surface area contributed by atoms with Gasteiger partial charge in [0.05, 0.1) is 11.6 Å². The lowest BCUT2D eigenvalue weighted by Crippen LogP contribution is -2.38. The maximum absolute atomic E-state index is 14.3. The minimum absolute atomic E-state index is 0.207. The zero-order valence-electron chi connectivity index (χ0n) is 12.8. The molecule has 126 valence electrons. The summed E-state index contributed by atoms with van der Waals surface area (Å²) >= 11 is 7.19. The summed E-state index contributed by atoms with van der Waals surface area (Å²) in [4.78, 5) is 17.0. The number of carbonyl (C=O) groups is 1. The summed E-state index contributed by atoms with van der Waals surface area (Å²) in [6.07, 6.45) is 0. The minimum Gasteiger partial charge on any atom is -0.386 e. The lowest BCUT2D eigenvalue weighted by Gasteiger charge is -2.30. The molecule has 1 aromatic carbocycles. The van der Waals surface area contributed by atoms with Crippen LogP contribution in [0.25, 0.3) is 0 Å². The second-order valence-electron chi connectivity index (χ2n) is 5.62. The minimum atomic E-state index is -0.937. The summed E-state index contributed by atoms with van der Waals surface area (Å²) in [5.74, 6) is -0.477. The molecule has 0 bridgehead atoms. The Hall–Kier alpha value is -1.96. The number of amidine groups is 1. The van der Waals surface area contributed by atoms with E-state index in [0.717, 1.165) is 0 Å². The highest BCUT2D eigenvalue weighted by Crippen LogP contribution is 2.32. The molecular weight excluding hydrogens is 353 g/mol. The molecule has 0 fully saturated rings. The Morgan fingerprint density at radius 2 is 2.29 bits per heavy atom. The zero-order valence-corrected chi connectivity index (χ0v) is 14.4. The van der Waals surface area contributed by atoms with Crippen molar-refractivity contribution in [1.82, 2.24) is 0 Å². The SMILES string of the molecule is CC1(c2cc(NC(=O)c3sccc3Cl)ccc2F)COCC(N)=N1. The monoisotopic (exact) mass is 367 g/mol. The van der Waals surface area contributed by atoms with Gasteiger partial charge in [-0.1, -0.05) is 11.6 Å². The number of aliphatic imine (C=N–C) groups is 1. The van der Waals surface area contributed by atoms with Crippen LogP contribution in [0.3, 0.4) is 0 Å². The van der Waals surface area contributed by atoms with Crippen LogP contribution in [0.4, 0.5) is 10.1 Å². The lowest BCUT2D eigenvalue weighted by molar-refractivity contribution is 0.102. The number of nitrogens with zero attached hydrogens (tertiary/aromatic N) is 1. The van der Waals surface area contributed by atoms with E-state index in [2.05, 4.69) is 10.3 Å². The van der Waals surface area contributed by atoms with Crippen molar-refractivity contribution >= 4 is 40.4 Å². The number of thiophene rings is 1. The second kappa shape index (κ2) is 6.51. The fraction of sp³-hybridized carbons (Fsp3) is 0.250. The number of amides is 1. The van der Waals surface area contributed by atoms with Crippen LogP contribution in [0.1, 0.15) is 22.2 Å². The number of nitrogens with one attached hydrogen (secondary N) is 1. The van der Waals surface area contributed by atoms with E-state index in [-0.39, 0.29) is 19.1 Å². The molecule has 1 atom stereocenters. The summed E-state index contributed by atoms with van der Waals surface area (Å²) in [5.41, 5.74) is 5.53. The first-order valence-corrected chi connectivity index (χ1v) is 8.41. The number of benzene rings is 1. The number of carbonyl (C=O) groups excluding carboxylic acids is 1. The fourth-order valence-corrected chi connectivity index (χ4v) is 3.57. The molecule has 0 saturated carbocycles. The van der Waals surface area contributed by atoms with Gasteiger partial charge in [0.25, 0.3) is 5.91 Å². The third-order valence-electron chi connectivity index (χ3n) is 3.65. The summed E-state index contributed by atoms with van der Waals surface area (Å²) in [6.45, 7) is 2.17. The van der Waals surface area contributed by atoms with Crippen LogP contribution < -0.4 is 11.1 Å². The van der Waals surface area contributed by atoms with Crippen LogP contribution in [0.15, 0.2) is 34.6 Å². The summed E-state index contributed by atoms with van der Waals surface area (Å²) in [6, 6.07) is 5.96. The molecule has 1 amide bonds. The van der Waals surface area contributed by atoms with Crippen molar-refractivity contribution in [3.63, 3.8) is 0 Å².